The Hall–Kier alpha value is -7.10. The van der Waals surface area contributed by atoms with Gasteiger partial charge in [0.05, 0.1) is 16.8 Å². The first-order valence-electron chi connectivity index (χ1n) is 18.4. The molecule has 2 heterocycles. The molecule has 1 aliphatic carbocycles. The molecule has 0 atom stereocenters. The molecule has 11 rings (SSSR count). The second-order valence-corrected chi connectivity index (χ2v) is 14.1. The Kier molecular flexibility index (Phi) is 6.77. The van der Waals surface area contributed by atoms with Gasteiger partial charge in [-0.3, -0.25) is 0 Å². The summed E-state index contributed by atoms with van der Waals surface area (Å²) in [4.78, 5) is 10.2. The van der Waals surface area contributed by atoms with E-state index in [-0.39, 0.29) is 0 Å². The second-order valence-electron chi connectivity index (χ2n) is 14.1. The smallest absolute Gasteiger partial charge is 0.160 e. The number of rotatable bonds is 4. The third-order valence-corrected chi connectivity index (χ3v) is 11.2. The summed E-state index contributed by atoms with van der Waals surface area (Å²) in [5.41, 5.74) is 13.9. The van der Waals surface area contributed by atoms with Crippen molar-refractivity contribution < 1.29 is 4.74 Å². The Morgan fingerprint density at radius 2 is 0.907 bits per heavy atom. The Morgan fingerprint density at radius 1 is 0.352 bits per heavy atom. The van der Waals surface area contributed by atoms with Crippen LogP contribution in [-0.4, -0.2) is 9.97 Å². The standard InChI is InChI=1S/C51H32N2O/c1-2-14-36(15-3-1)50-52-46(32-47(53-50)38-30-25-33-13-4-5-16-37(33)31-38)35-28-26-34(27-29-35)39-19-12-23-45-49(39)54-48-24-11-10-22-44(48)51(45)42-20-8-6-17-40(42)41-18-7-9-21-43(41)51/h1-32H. The molecular weight excluding hydrogens is 657 g/mol. The quantitative estimate of drug-likeness (QED) is 0.185. The normalized spacial score (nSPS) is 13.1. The Balaban J connectivity index is 1.05. The summed E-state index contributed by atoms with van der Waals surface area (Å²) in [6.45, 7) is 0. The molecule has 0 N–H and O–H groups in total. The number of hydrogen-bond donors (Lipinski definition) is 0. The van der Waals surface area contributed by atoms with Crippen LogP contribution in [0.5, 0.6) is 11.5 Å². The molecular formula is C51H32N2O. The molecule has 1 aliphatic heterocycles. The topological polar surface area (TPSA) is 35.0 Å². The van der Waals surface area contributed by atoms with Crippen molar-refractivity contribution >= 4 is 10.8 Å². The average molecular weight is 689 g/mol. The minimum Gasteiger partial charge on any atom is -0.456 e. The van der Waals surface area contributed by atoms with Gasteiger partial charge in [-0.15, -0.1) is 0 Å². The van der Waals surface area contributed by atoms with Crippen LogP contribution in [0, 0.1) is 0 Å². The van der Waals surface area contributed by atoms with Crippen LogP contribution in [0.4, 0.5) is 0 Å². The zero-order valence-electron chi connectivity index (χ0n) is 29.3. The monoisotopic (exact) mass is 688 g/mol. The van der Waals surface area contributed by atoms with Gasteiger partial charge in [0.1, 0.15) is 11.5 Å². The third kappa shape index (κ3) is 4.55. The van der Waals surface area contributed by atoms with E-state index in [2.05, 4.69) is 176 Å². The molecule has 9 aromatic rings. The van der Waals surface area contributed by atoms with Gasteiger partial charge in [-0.2, -0.15) is 0 Å². The van der Waals surface area contributed by atoms with Gasteiger partial charge >= 0.3 is 0 Å². The summed E-state index contributed by atoms with van der Waals surface area (Å²) in [5, 5.41) is 2.39. The van der Waals surface area contributed by atoms with Gasteiger partial charge in [-0.25, -0.2) is 9.97 Å². The number of ether oxygens (including phenoxy) is 1. The molecule has 0 saturated heterocycles. The lowest BCUT2D eigenvalue weighted by Gasteiger charge is -2.40. The highest BCUT2D eigenvalue weighted by Gasteiger charge is 2.51. The van der Waals surface area contributed by atoms with Gasteiger partial charge in [-0.05, 0) is 56.8 Å². The highest BCUT2D eigenvalue weighted by atomic mass is 16.5. The number of aromatic nitrogens is 2. The number of hydrogen-bond acceptors (Lipinski definition) is 3. The first kappa shape index (κ1) is 30.5. The van der Waals surface area contributed by atoms with Gasteiger partial charge < -0.3 is 4.74 Å². The molecule has 0 saturated carbocycles. The molecule has 1 aromatic heterocycles. The zero-order chi connectivity index (χ0) is 35.6. The molecule has 0 unspecified atom stereocenters. The third-order valence-electron chi connectivity index (χ3n) is 11.2. The number of nitrogens with zero attached hydrogens (tertiary/aromatic N) is 2. The van der Waals surface area contributed by atoms with Crippen LogP contribution in [0.15, 0.2) is 194 Å². The van der Waals surface area contributed by atoms with Crippen LogP contribution in [0.1, 0.15) is 22.3 Å². The average Bonchev–Trinajstić information content (AvgIpc) is 3.54. The molecule has 8 aromatic carbocycles. The minimum absolute atomic E-state index is 0.499. The Bertz CT molecular complexity index is 2870. The molecule has 0 bridgehead atoms. The van der Waals surface area contributed by atoms with Crippen molar-refractivity contribution in [1.82, 2.24) is 9.97 Å². The van der Waals surface area contributed by atoms with Crippen molar-refractivity contribution in [3.05, 3.63) is 216 Å². The van der Waals surface area contributed by atoms with E-state index in [4.69, 9.17) is 14.7 Å². The molecule has 3 heteroatoms. The second kappa shape index (κ2) is 12.0. The van der Waals surface area contributed by atoms with E-state index in [1.54, 1.807) is 0 Å². The highest BCUT2D eigenvalue weighted by molar-refractivity contribution is 5.91. The van der Waals surface area contributed by atoms with E-state index < -0.39 is 5.41 Å². The molecule has 1 spiro atoms. The predicted octanol–water partition coefficient (Wildman–Crippen LogP) is 12.8. The van der Waals surface area contributed by atoms with Crippen LogP contribution in [0.25, 0.3) is 66.9 Å². The number of para-hydroxylation sites is 2. The zero-order valence-corrected chi connectivity index (χ0v) is 29.3. The summed E-state index contributed by atoms with van der Waals surface area (Å²) >= 11 is 0. The maximum Gasteiger partial charge on any atom is 0.160 e. The Labute approximate surface area is 313 Å². The molecule has 54 heavy (non-hydrogen) atoms. The van der Waals surface area contributed by atoms with Gasteiger partial charge in [0.25, 0.3) is 0 Å². The first-order valence-corrected chi connectivity index (χ1v) is 18.4. The first-order chi connectivity index (χ1) is 26.8. The van der Waals surface area contributed by atoms with E-state index in [0.29, 0.717) is 5.82 Å². The lowest BCUT2D eigenvalue weighted by molar-refractivity contribution is 0.438. The molecule has 3 nitrogen and oxygen atoms in total. The van der Waals surface area contributed by atoms with Gasteiger partial charge in [0.2, 0.25) is 0 Å². The molecule has 2 aliphatic rings. The van der Waals surface area contributed by atoms with Crippen molar-refractivity contribution in [2.45, 2.75) is 5.41 Å². The van der Waals surface area contributed by atoms with Crippen LogP contribution < -0.4 is 4.74 Å². The number of fused-ring (bicyclic) bond motifs is 10. The van der Waals surface area contributed by atoms with E-state index in [1.165, 1.54) is 38.6 Å². The lowest BCUT2D eigenvalue weighted by atomic mass is 9.65. The van der Waals surface area contributed by atoms with Crippen molar-refractivity contribution in [2.75, 3.05) is 0 Å². The molecule has 0 amide bonds. The van der Waals surface area contributed by atoms with Crippen LogP contribution in [0.2, 0.25) is 0 Å². The lowest BCUT2D eigenvalue weighted by Crippen LogP contribution is -2.32. The maximum absolute atomic E-state index is 6.93. The summed E-state index contributed by atoms with van der Waals surface area (Å²) < 4.78 is 6.93. The molecule has 252 valence electrons. The fraction of sp³-hybridized carbons (Fsp3) is 0.0196. The van der Waals surface area contributed by atoms with Gasteiger partial charge in [0.15, 0.2) is 5.82 Å². The summed E-state index contributed by atoms with van der Waals surface area (Å²) in [6, 6.07) is 68.9. The largest absolute Gasteiger partial charge is 0.456 e. The van der Waals surface area contributed by atoms with Crippen molar-refractivity contribution in [3.63, 3.8) is 0 Å². The summed E-state index contributed by atoms with van der Waals surface area (Å²) in [7, 11) is 0. The van der Waals surface area contributed by atoms with E-state index in [0.717, 1.165) is 56.3 Å². The fourth-order valence-electron chi connectivity index (χ4n) is 8.73. The minimum atomic E-state index is -0.499. The van der Waals surface area contributed by atoms with Crippen molar-refractivity contribution in [3.8, 4) is 67.7 Å². The van der Waals surface area contributed by atoms with E-state index >= 15 is 0 Å². The van der Waals surface area contributed by atoms with Gasteiger partial charge in [-0.1, -0.05) is 176 Å². The van der Waals surface area contributed by atoms with Crippen molar-refractivity contribution in [1.29, 1.82) is 0 Å². The molecule has 0 fully saturated rings. The van der Waals surface area contributed by atoms with E-state index in [1.807, 2.05) is 18.2 Å². The van der Waals surface area contributed by atoms with Gasteiger partial charge in [0, 0.05) is 33.4 Å². The molecule has 0 radical (unpaired) electrons. The SMILES string of the molecule is c1ccc(-c2nc(-c3ccc(-c4cccc5c4Oc4ccccc4C54c5ccccc5-c5ccccc54)cc3)cc(-c3ccc4ccccc4c3)n2)cc1. The van der Waals surface area contributed by atoms with Crippen molar-refractivity contribution in [2.24, 2.45) is 0 Å². The van der Waals surface area contributed by atoms with E-state index in [9.17, 15) is 0 Å². The highest BCUT2D eigenvalue weighted by Crippen LogP contribution is 2.63. The maximum atomic E-state index is 6.93. The summed E-state index contributed by atoms with van der Waals surface area (Å²) in [5.74, 6) is 2.48. The van der Waals surface area contributed by atoms with Crippen LogP contribution >= 0.6 is 0 Å². The van der Waals surface area contributed by atoms with Crippen LogP contribution in [0.3, 0.4) is 0 Å². The van der Waals surface area contributed by atoms with Crippen LogP contribution in [-0.2, 0) is 5.41 Å². The Morgan fingerprint density at radius 3 is 1.67 bits per heavy atom. The fourth-order valence-corrected chi connectivity index (χ4v) is 8.73. The predicted molar refractivity (Wildman–Crippen MR) is 219 cm³/mol. The number of benzene rings is 8. The summed E-state index contributed by atoms with van der Waals surface area (Å²) in [6.07, 6.45) is 0.